The highest BCUT2D eigenvalue weighted by atomic mass is 16.7. The van der Waals surface area contributed by atoms with E-state index in [9.17, 15) is 0 Å². The van der Waals surface area contributed by atoms with E-state index in [1.807, 2.05) is 30.3 Å². The van der Waals surface area contributed by atoms with E-state index in [0.29, 0.717) is 6.61 Å². The first kappa shape index (κ1) is 17.8. The maximum atomic E-state index is 5.91. The molecule has 1 heterocycles. The van der Waals surface area contributed by atoms with Gasteiger partial charge in [-0.2, -0.15) is 0 Å². The topological polar surface area (TPSA) is 27.7 Å². The predicted octanol–water partition coefficient (Wildman–Crippen LogP) is 5.29. The van der Waals surface area contributed by atoms with Crippen molar-refractivity contribution < 1.29 is 14.2 Å². The van der Waals surface area contributed by atoms with Crippen LogP contribution in [-0.2, 0) is 22.5 Å². The van der Waals surface area contributed by atoms with Crippen LogP contribution in [-0.4, -0.2) is 13.2 Å². The largest absolute Gasteiger partial charge is 0.489 e. The van der Waals surface area contributed by atoms with Gasteiger partial charge in [0.25, 0.3) is 0 Å². The van der Waals surface area contributed by atoms with E-state index in [1.165, 1.54) is 11.1 Å². The quantitative estimate of drug-likeness (QED) is 0.598. The standard InChI is InChI=1S/C24H24O3/c1-2-5-19(6-3-1)17-20-7-9-21(10-8-20)18-27-23-13-11-22(12-14-23)24-25-15-4-16-26-24/h1-3,5-14,24H,4,15-18H2. The fourth-order valence-electron chi connectivity index (χ4n) is 3.15. The molecule has 0 saturated carbocycles. The summed E-state index contributed by atoms with van der Waals surface area (Å²) in [5, 5.41) is 0. The Labute approximate surface area is 160 Å². The van der Waals surface area contributed by atoms with Crippen molar-refractivity contribution in [3.8, 4) is 5.75 Å². The summed E-state index contributed by atoms with van der Waals surface area (Å²) in [4.78, 5) is 0. The minimum atomic E-state index is -0.245. The molecule has 1 saturated heterocycles. The van der Waals surface area contributed by atoms with Gasteiger partial charge in [-0.05, 0) is 41.7 Å². The molecule has 3 aromatic carbocycles. The molecule has 3 nitrogen and oxygen atoms in total. The maximum absolute atomic E-state index is 5.91. The lowest BCUT2D eigenvalue weighted by atomic mass is 10.0. The Morgan fingerprint density at radius 2 is 1.33 bits per heavy atom. The Hall–Kier alpha value is -2.62. The molecule has 4 rings (SSSR count). The second-order valence-electron chi connectivity index (χ2n) is 6.76. The first-order valence-electron chi connectivity index (χ1n) is 9.44. The van der Waals surface area contributed by atoms with Gasteiger partial charge in [0.15, 0.2) is 6.29 Å². The normalized spacial score (nSPS) is 14.8. The summed E-state index contributed by atoms with van der Waals surface area (Å²) < 4.78 is 17.2. The molecule has 1 fully saturated rings. The van der Waals surface area contributed by atoms with Gasteiger partial charge in [-0.15, -0.1) is 0 Å². The van der Waals surface area contributed by atoms with Crippen molar-refractivity contribution in [3.05, 3.63) is 101 Å². The van der Waals surface area contributed by atoms with Gasteiger partial charge in [-0.25, -0.2) is 0 Å². The fraction of sp³-hybridized carbons (Fsp3) is 0.250. The van der Waals surface area contributed by atoms with Gasteiger partial charge in [0.1, 0.15) is 12.4 Å². The lowest BCUT2D eigenvalue weighted by Gasteiger charge is -2.23. The molecule has 0 aliphatic carbocycles. The van der Waals surface area contributed by atoms with Crippen LogP contribution in [0.25, 0.3) is 0 Å². The smallest absolute Gasteiger partial charge is 0.183 e. The molecule has 0 aromatic heterocycles. The molecule has 3 heteroatoms. The summed E-state index contributed by atoms with van der Waals surface area (Å²) in [5.74, 6) is 0.850. The zero-order valence-corrected chi connectivity index (χ0v) is 15.3. The minimum Gasteiger partial charge on any atom is -0.489 e. The third-order valence-electron chi connectivity index (χ3n) is 4.66. The molecular formula is C24H24O3. The highest BCUT2D eigenvalue weighted by Crippen LogP contribution is 2.25. The Kier molecular flexibility index (Phi) is 5.83. The molecule has 0 N–H and O–H groups in total. The van der Waals surface area contributed by atoms with E-state index in [-0.39, 0.29) is 6.29 Å². The van der Waals surface area contributed by atoms with Crippen LogP contribution in [0.4, 0.5) is 0 Å². The molecule has 1 aliphatic heterocycles. The SMILES string of the molecule is c1ccc(Cc2ccc(COc3ccc(C4OCCCO4)cc3)cc2)cc1. The molecule has 0 bridgehead atoms. The van der Waals surface area contributed by atoms with Crippen LogP contribution < -0.4 is 4.74 Å². The highest BCUT2D eigenvalue weighted by molar-refractivity contribution is 5.30. The Balaban J connectivity index is 1.30. The summed E-state index contributed by atoms with van der Waals surface area (Å²) in [6.07, 6.45) is 1.67. The van der Waals surface area contributed by atoms with Gasteiger partial charge in [0.05, 0.1) is 13.2 Å². The molecule has 3 aromatic rings. The van der Waals surface area contributed by atoms with Gasteiger partial charge in [0.2, 0.25) is 0 Å². The molecule has 27 heavy (non-hydrogen) atoms. The monoisotopic (exact) mass is 360 g/mol. The Bertz CT molecular complexity index is 820. The number of hydrogen-bond acceptors (Lipinski definition) is 3. The van der Waals surface area contributed by atoms with E-state index in [4.69, 9.17) is 14.2 Å². The fourth-order valence-corrected chi connectivity index (χ4v) is 3.15. The van der Waals surface area contributed by atoms with E-state index < -0.39 is 0 Å². The van der Waals surface area contributed by atoms with Crippen LogP contribution in [0.2, 0.25) is 0 Å². The van der Waals surface area contributed by atoms with E-state index in [1.54, 1.807) is 0 Å². The third-order valence-corrected chi connectivity index (χ3v) is 4.66. The molecular weight excluding hydrogens is 336 g/mol. The van der Waals surface area contributed by atoms with Gasteiger partial charge in [-0.3, -0.25) is 0 Å². The van der Waals surface area contributed by atoms with Crippen molar-refractivity contribution in [1.29, 1.82) is 0 Å². The van der Waals surface area contributed by atoms with Crippen LogP contribution in [0, 0.1) is 0 Å². The second kappa shape index (κ2) is 8.85. The van der Waals surface area contributed by atoms with Crippen LogP contribution in [0.1, 0.15) is 35.0 Å². The highest BCUT2D eigenvalue weighted by Gasteiger charge is 2.16. The summed E-state index contributed by atoms with van der Waals surface area (Å²) in [6.45, 7) is 2.06. The van der Waals surface area contributed by atoms with Gasteiger partial charge in [-0.1, -0.05) is 66.7 Å². The van der Waals surface area contributed by atoms with Crippen LogP contribution in [0.5, 0.6) is 5.75 Å². The summed E-state index contributed by atoms with van der Waals surface area (Å²) in [6, 6.07) is 27.1. The molecule has 0 radical (unpaired) electrons. The van der Waals surface area contributed by atoms with Gasteiger partial charge >= 0.3 is 0 Å². The first-order chi connectivity index (χ1) is 13.4. The molecule has 0 spiro atoms. The molecule has 0 unspecified atom stereocenters. The Morgan fingerprint density at radius 1 is 0.704 bits per heavy atom. The van der Waals surface area contributed by atoms with E-state index in [0.717, 1.165) is 42.9 Å². The van der Waals surface area contributed by atoms with Gasteiger partial charge in [0, 0.05) is 5.56 Å². The molecule has 0 amide bonds. The van der Waals surface area contributed by atoms with Crippen molar-refractivity contribution in [2.75, 3.05) is 13.2 Å². The van der Waals surface area contributed by atoms with Crippen molar-refractivity contribution >= 4 is 0 Å². The van der Waals surface area contributed by atoms with Crippen molar-refractivity contribution in [3.63, 3.8) is 0 Å². The summed E-state index contributed by atoms with van der Waals surface area (Å²) in [5.41, 5.74) is 4.83. The van der Waals surface area contributed by atoms with Gasteiger partial charge < -0.3 is 14.2 Å². The molecule has 0 atom stereocenters. The zero-order valence-electron chi connectivity index (χ0n) is 15.3. The minimum absolute atomic E-state index is 0.245. The average Bonchev–Trinajstić information content (AvgIpc) is 2.75. The number of benzene rings is 3. The van der Waals surface area contributed by atoms with E-state index in [2.05, 4.69) is 48.5 Å². The average molecular weight is 360 g/mol. The zero-order chi connectivity index (χ0) is 18.3. The van der Waals surface area contributed by atoms with Crippen LogP contribution in [0.15, 0.2) is 78.9 Å². The van der Waals surface area contributed by atoms with Crippen LogP contribution in [0.3, 0.4) is 0 Å². The lowest BCUT2D eigenvalue weighted by molar-refractivity contribution is -0.183. The second-order valence-corrected chi connectivity index (χ2v) is 6.76. The lowest BCUT2D eigenvalue weighted by Crippen LogP contribution is -2.17. The van der Waals surface area contributed by atoms with Crippen molar-refractivity contribution in [2.45, 2.75) is 25.7 Å². The predicted molar refractivity (Wildman–Crippen MR) is 106 cm³/mol. The first-order valence-corrected chi connectivity index (χ1v) is 9.44. The molecule has 1 aliphatic rings. The third kappa shape index (κ3) is 4.97. The summed E-state index contributed by atoms with van der Waals surface area (Å²) in [7, 11) is 0. The number of hydrogen-bond donors (Lipinski definition) is 0. The van der Waals surface area contributed by atoms with Crippen LogP contribution >= 0.6 is 0 Å². The number of rotatable bonds is 6. The molecule has 138 valence electrons. The Morgan fingerprint density at radius 3 is 2.04 bits per heavy atom. The maximum Gasteiger partial charge on any atom is 0.183 e. The van der Waals surface area contributed by atoms with Crippen molar-refractivity contribution in [2.24, 2.45) is 0 Å². The number of ether oxygens (including phenoxy) is 3. The van der Waals surface area contributed by atoms with E-state index >= 15 is 0 Å². The summed E-state index contributed by atoms with van der Waals surface area (Å²) >= 11 is 0. The van der Waals surface area contributed by atoms with Crippen molar-refractivity contribution in [1.82, 2.24) is 0 Å².